The van der Waals surface area contributed by atoms with E-state index in [4.69, 9.17) is 0 Å². The lowest BCUT2D eigenvalue weighted by Gasteiger charge is -2.28. The maximum absolute atomic E-state index is 12.9. The van der Waals surface area contributed by atoms with Gasteiger partial charge in [-0.3, -0.25) is 9.20 Å². The zero-order valence-electron chi connectivity index (χ0n) is 14.1. The van der Waals surface area contributed by atoms with Gasteiger partial charge in [0.15, 0.2) is 10.8 Å². The van der Waals surface area contributed by atoms with Crippen molar-refractivity contribution in [1.82, 2.24) is 19.5 Å². The van der Waals surface area contributed by atoms with Crippen LogP contribution in [0.5, 0.6) is 0 Å². The minimum absolute atomic E-state index is 0.0711. The van der Waals surface area contributed by atoms with Gasteiger partial charge in [-0.25, -0.2) is 0 Å². The van der Waals surface area contributed by atoms with Gasteiger partial charge in [0, 0.05) is 19.3 Å². The molecule has 3 aromatic rings. The predicted molar refractivity (Wildman–Crippen MR) is 94.3 cm³/mol. The van der Waals surface area contributed by atoms with E-state index >= 15 is 0 Å². The van der Waals surface area contributed by atoms with Gasteiger partial charge < -0.3 is 4.90 Å². The predicted octanol–water partition coefficient (Wildman–Crippen LogP) is 3.43. The van der Waals surface area contributed by atoms with Crippen molar-refractivity contribution < 1.29 is 18.0 Å². The zero-order valence-corrected chi connectivity index (χ0v) is 14.9. The van der Waals surface area contributed by atoms with Crippen molar-refractivity contribution in [2.75, 3.05) is 12.3 Å². The number of fused-ring (bicyclic) bond motifs is 2. The molecule has 4 rings (SSSR count). The van der Waals surface area contributed by atoms with Crippen LogP contribution in [0.15, 0.2) is 47.8 Å². The Labute approximate surface area is 157 Å². The molecule has 0 aliphatic carbocycles. The standard InChI is InChI=1S/C18H15F3N4OS/c19-18(20,21)14-5-6-15-22-23-17(25(15)10-14)27-11-16(26)24-8-7-12-3-1-2-4-13(12)9-24/h1-6,10H,7-9,11H2. The second-order valence-electron chi connectivity index (χ2n) is 6.25. The Bertz CT molecular complexity index is 1000. The third-order valence-corrected chi connectivity index (χ3v) is 5.43. The molecular weight excluding hydrogens is 377 g/mol. The number of amides is 1. The second kappa shape index (κ2) is 6.88. The molecule has 2 aromatic heterocycles. The number of pyridine rings is 1. The number of thioether (sulfide) groups is 1. The summed E-state index contributed by atoms with van der Waals surface area (Å²) in [6.07, 6.45) is -2.69. The van der Waals surface area contributed by atoms with E-state index < -0.39 is 11.7 Å². The molecule has 1 aromatic carbocycles. The van der Waals surface area contributed by atoms with Crippen molar-refractivity contribution >= 4 is 23.3 Å². The summed E-state index contributed by atoms with van der Waals surface area (Å²) in [4.78, 5) is 14.3. The molecule has 0 spiro atoms. The van der Waals surface area contributed by atoms with Gasteiger partial charge in [0.2, 0.25) is 5.91 Å². The first-order chi connectivity index (χ1) is 12.9. The van der Waals surface area contributed by atoms with Gasteiger partial charge in [-0.15, -0.1) is 10.2 Å². The van der Waals surface area contributed by atoms with E-state index in [-0.39, 0.29) is 16.8 Å². The quantitative estimate of drug-likeness (QED) is 0.641. The van der Waals surface area contributed by atoms with Crippen molar-refractivity contribution in [2.45, 2.75) is 24.3 Å². The number of hydrogen-bond donors (Lipinski definition) is 0. The Morgan fingerprint density at radius 1 is 1.11 bits per heavy atom. The monoisotopic (exact) mass is 392 g/mol. The number of benzene rings is 1. The second-order valence-corrected chi connectivity index (χ2v) is 7.19. The molecule has 0 radical (unpaired) electrons. The highest BCUT2D eigenvalue weighted by Crippen LogP contribution is 2.30. The highest BCUT2D eigenvalue weighted by Gasteiger charge is 2.31. The molecule has 1 aliphatic rings. The number of nitrogens with zero attached hydrogens (tertiary/aromatic N) is 4. The van der Waals surface area contributed by atoms with Crippen LogP contribution in [0.4, 0.5) is 13.2 Å². The zero-order chi connectivity index (χ0) is 19.0. The van der Waals surface area contributed by atoms with Crippen LogP contribution in [0.25, 0.3) is 5.65 Å². The largest absolute Gasteiger partial charge is 0.417 e. The van der Waals surface area contributed by atoms with E-state index in [1.165, 1.54) is 16.0 Å². The normalized spacial score (nSPS) is 14.4. The first-order valence-corrected chi connectivity index (χ1v) is 9.30. The van der Waals surface area contributed by atoms with Gasteiger partial charge in [0.1, 0.15) is 0 Å². The highest BCUT2D eigenvalue weighted by molar-refractivity contribution is 7.99. The van der Waals surface area contributed by atoms with E-state index in [1.807, 2.05) is 18.2 Å². The molecule has 5 nitrogen and oxygen atoms in total. The Morgan fingerprint density at radius 2 is 1.89 bits per heavy atom. The van der Waals surface area contributed by atoms with Gasteiger partial charge >= 0.3 is 6.18 Å². The van der Waals surface area contributed by atoms with Crippen molar-refractivity contribution in [2.24, 2.45) is 0 Å². The molecule has 0 unspecified atom stereocenters. The Kier molecular flexibility index (Phi) is 4.55. The number of carbonyl (C=O) groups excluding carboxylic acids is 1. The molecule has 1 aliphatic heterocycles. The first kappa shape index (κ1) is 17.8. The van der Waals surface area contributed by atoms with E-state index in [0.717, 1.165) is 36.0 Å². The van der Waals surface area contributed by atoms with E-state index in [9.17, 15) is 18.0 Å². The third kappa shape index (κ3) is 3.64. The molecule has 3 heterocycles. The summed E-state index contributed by atoms with van der Waals surface area (Å²) >= 11 is 1.09. The Morgan fingerprint density at radius 3 is 2.67 bits per heavy atom. The fourth-order valence-electron chi connectivity index (χ4n) is 3.06. The summed E-state index contributed by atoms with van der Waals surface area (Å²) in [6.45, 7) is 1.18. The summed E-state index contributed by atoms with van der Waals surface area (Å²) in [5, 5.41) is 8.04. The minimum Gasteiger partial charge on any atom is -0.337 e. The van der Waals surface area contributed by atoms with Crippen LogP contribution in [0.3, 0.4) is 0 Å². The number of carbonyl (C=O) groups is 1. The van der Waals surface area contributed by atoms with Gasteiger partial charge in [-0.1, -0.05) is 36.0 Å². The molecule has 0 bridgehead atoms. The fourth-order valence-corrected chi connectivity index (χ4v) is 3.88. The molecule has 0 N–H and O–H groups in total. The average molecular weight is 392 g/mol. The summed E-state index contributed by atoms with van der Waals surface area (Å²) in [5.41, 5.74) is 1.91. The smallest absolute Gasteiger partial charge is 0.337 e. The summed E-state index contributed by atoms with van der Waals surface area (Å²) in [7, 11) is 0. The molecule has 0 atom stereocenters. The molecule has 0 saturated carbocycles. The maximum atomic E-state index is 12.9. The van der Waals surface area contributed by atoms with Crippen LogP contribution in [0.2, 0.25) is 0 Å². The summed E-state index contributed by atoms with van der Waals surface area (Å²) in [6, 6.07) is 10.2. The fraction of sp³-hybridized carbons (Fsp3) is 0.278. The van der Waals surface area contributed by atoms with Crippen LogP contribution in [0.1, 0.15) is 16.7 Å². The van der Waals surface area contributed by atoms with Crippen molar-refractivity contribution in [3.63, 3.8) is 0 Å². The van der Waals surface area contributed by atoms with E-state index in [2.05, 4.69) is 16.3 Å². The molecule has 140 valence electrons. The number of halogens is 3. The van der Waals surface area contributed by atoms with Gasteiger partial charge in [-0.2, -0.15) is 13.2 Å². The topological polar surface area (TPSA) is 50.5 Å². The van der Waals surface area contributed by atoms with Crippen LogP contribution in [-0.2, 0) is 23.9 Å². The van der Waals surface area contributed by atoms with Gasteiger partial charge in [0.25, 0.3) is 0 Å². The van der Waals surface area contributed by atoms with Crippen molar-refractivity contribution in [3.8, 4) is 0 Å². The van der Waals surface area contributed by atoms with Gasteiger partial charge in [-0.05, 0) is 29.7 Å². The summed E-state index contributed by atoms with van der Waals surface area (Å²) < 4.78 is 40.0. The first-order valence-electron chi connectivity index (χ1n) is 8.31. The van der Waals surface area contributed by atoms with Crippen LogP contribution in [0, 0.1) is 0 Å². The molecule has 27 heavy (non-hydrogen) atoms. The van der Waals surface area contributed by atoms with Crippen molar-refractivity contribution in [3.05, 3.63) is 59.3 Å². The van der Waals surface area contributed by atoms with Crippen LogP contribution in [-0.4, -0.2) is 37.7 Å². The molecule has 0 saturated heterocycles. The van der Waals surface area contributed by atoms with E-state index in [1.54, 1.807) is 4.90 Å². The third-order valence-electron chi connectivity index (χ3n) is 4.51. The Balaban J connectivity index is 1.46. The van der Waals surface area contributed by atoms with Crippen molar-refractivity contribution in [1.29, 1.82) is 0 Å². The molecule has 9 heteroatoms. The number of alkyl halides is 3. The van der Waals surface area contributed by atoms with E-state index in [0.29, 0.717) is 18.7 Å². The minimum atomic E-state index is -4.45. The maximum Gasteiger partial charge on any atom is 0.417 e. The number of rotatable bonds is 3. The molecule has 0 fully saturated rings. The number of hydrogen-bond acceptors (Lipinski definition) is 4. The Hall–Kier alpha value is -2.55. The number of aromatic nitrogens is 3. The lowest BCUT2D eigenvalue weighted by atomic mass is 10.00. The van der Waals surface area contributed by atoms with Crippen LogP contribution < -0.4 is 0 Å². The lowest BCUT2D eigenvalue weighted by Crippen LogP contribution is -2.37. The lowest BCUT2D eigenvalue weighted by molar-refractivity contribution is -0.138. The highest BCUT2D eigenvalue weighted by atomic mass is 32.2. The summed E-state index contributed by atoms with van der Waals surface area (Å²) in [5.74, 6) is 0.0254. The van der Waals surface area contributed by atoms with Gasteiger partial charge in [0.05, 0.1) is 11.3 Å². The average Bonchev–Trinajstić information content (AvgIpc) is 3.07. The van der Waals surface area contributed by atoms with Crippen LogP contribution >= 0.6 is 11.8 Å². The SMILES string of the molecule is O=C(CSc1nnc2ccc(C(F)(F)F)cn12)N1CCc2ccccc2C1. The molecular formula is C18H15F3N4OS. The molecule has 1 amide bonds.